The van der Waals surface area contributed by atoms with Crippen LogP contribution in [0.15, 0.2) is 30.3 Å². The van der Waals surface area contributed by atoms with E-state index in [9.17, 15) is 9.90 Å². The molecule has 1 N–H and O–H groups in total. The Bertz CT molecular complexity index is 613. The molecular formula is C20H26O3. The molecule has 0 saturated heterocycles. The summed E-state index contributed by atoms with van der Waals surface area (Å²) < 4.78 is 5.83. The summed E-state index contributed by atoms with van der Waals surface area (Å²) in [6.07, 6.45) is 5.88. The van der Waals surface area contributed by atoms with Crippen molar-refractivity contribution in [2.45, 2.75) is 50.9 Å². The van der Waals surface area contributed by atoms with Gasteiger partial charge in [0.05, 0.1) is 12.0 Å². The maximum Gasteiger partial charge on any atom is 0.309 e. The van der Waals surface area contributed by atoms with Gasteiger partial charge < -0.3 is 9.84 Å². The molecule has 4 aliphatic rings. The van der Waals surface area contributed by atoms with Gasteiger partial charge in [0, 0.05) is 6.61 Å². The third-order valence-electron chi connectivity index (χ3n) is 6.64. The first-order chi connectivity index (χ1) is 11.0. The van der Waals surface area contributed by atoms with Gasteiger partial charge in [-0.05, 0) is 67.8 Å². The van der Waals surface area contributed by atoms with Crippen LogP contribution in [0.3, 0.4) is 0 Å². The maximum absolute atomic E-state index is 12.2. The highest BCUT2D eigenvalue weighted by molar-refractivity contribution is 5.76. The molecule has 4 bridgehead atoms. The molecule has 124 valence electrons. The number of carboxylic acid groups (broad SMARTS) is 1. The summed E-state index contributed by atoms with van der Waals surface area (Å²) in [5.74, 6) is -0.0502. The van der Waals surface area contributed by atoms with Crippen molar-refractivity contribution in [2.24, 2.45) is 16.7 Å². The first kappa shape index (κ1) is 15.2. The Balaban J connectivity index is 1.78. The van der Waals surface area contributed by atoms with E-state index in [1.165, 1.54) is 5.56 Å². The Kier molecular flexibility index (Phi) is 3.35. The van der Waals surface area contributed by atoms with Crippen molar-refractivity contribution >= 4 is 5.97 Å². The molecule has 3 nitrogen and oxygen atoms in total. The average Bonchev–Trinajstić information content (AvgIpc) is 2.53. The van der Waals surface area contributed by atoms with E-state index < -0.39 is 11.4 Å². The van der Waals surface area contributed by atoms with Gasteiger partial charge in [-0.25, -0.2) is 0 Å². The zero-order valence-electron chi connectivity index (χ0n) is 13.9. The fraction of sp³-hybridized carbons (Fsp3) is 0.650. The lowest BCUT2D eigenvalue weighted by Crippen LogP contribution is -2.62. The molecular weight excluding hydrogens is 288 g/mol. The predicted molar refractivity (Wildman–Crippen MR) is 88.3 cm³/mol. The molecule has 0 heterocycles. The SMILES string of the molecule is CCOCC12CC3CC(C(=O)O)(C1)CC(c1ccccc1)(C3)C2. The van der Waals surface area contributed by atoms with E-state index in [1.807, 2.05) is 13.0 Å². The molecule has 0 amide bonds. The van der Waals surface area contributed by atoms with E-state index in [4.69, 9.17) is 4.74 Å². The van der Waals surface area contributed by atoms with E-state index in [0.717, 1.165) is 45.1 Å². The van der Waals surface area contributed by atoms with Crippen molar-refractivity contribution in [3.63, 3.8) is 0 Å². The smallest absolute Gasteiger partial charge is 0.309 e. The van der Waals surface area contributed by atoms with E-state index in [2.05, 4.69) is 24.3 Å². The van der Waals surface area contributed by atoms with Gasteiger partial charge >= 0.3 is 5.97 Å². The number of benzene rings is 1. The zero-order valence-corrected chi connectivity index (χ0v) is 13.9. The highest BCUT2D eigenvalue weighted by atomic mass is 16.5. The van der Waals surface area contributed by atoms with Crippen molar-refractivity contribution in [1.29, 1.82) is 0 Å². The number of ether oxygens (including phenoxy) is 1. The topological polar surface area (TPSA) is 46.5 Å². The van der Waals surface area contributed by atoms with Crippen molar-refractivity contribution in [3.8, 4) is 0 Å². The Morgan fingerprint density at radius 1 is 1.17 bits per heavy atom. The van der Waals surface area contributed by atoms with Crippen molar-refractivity contribution in [2.75, 3.05) is 13.2 Å². The number of rotatable bonds is 5. The average molecular weight is 314 g/mol. The minimum atomic E-state index is -0.581. The first-order valence-electron chi connectivity index (χ1n) is 8.88. The van der Waals surface area contributed by atoms with E-state index in [-0.39, 0.29) is 10.8 Å². The van der Waals surface area contributed by atoms with Crippen LogP contribution >= 0.6 is 0 Å². The highest BCUT2D eigenvalue weighted by Crippen LogP contribution is 2.70. The lowest BCUT2D eigenvalue weighted by atomic mass is 9.38. The Morgan fingerprint density at radius 3 is 2.65 bits per heavy atom. The van der Waals surface area contributed by atoms with Crippen LogP contribution in [0.2, 0.25) is 0 Å². The van der Waals surface area contributed by atoms with Crippen LogP contribution < -0.4 is 0 Å². The number of hydrogen-bond acceptors (Lipinski definition) is 2. The van der Waals surface area contributed by atoms with Crippen LogP contribution in [0.4, 0.5) is 0 Å². The molecule has 4 aliphatic carbocycles. The van der Waals surface area contributed by atoms with Gasteiger partial charge in [0.2, 0.25) is 0 Å². The molecule has 0 aliphatic heterocycles. The number of carboxylic acids is 1. The summed E-state index contributed by atoms with van der Waals surface area (Å²) in [5.41, 5.74) is 0.905. The van der Waals surface area contributed by atoms with E-state index in [0.29, 0.717) is 12.5 Å². The third kappa shape index (κ3) is 2.24. The molecule has 1 aromatic rings. The maximum atomic E-state index is 12.2. The lowest BCUT2D eigenvalue weighted by molar-refractivity contribution is -0.186. The molecule has 3 heteroatoms. The fourth-order valence-corrected chi connectivity index (χ4v) is 6.47. The summed E-state index contributed by atoms with van der Waals surface area (Å²) in [6.45, 7) is 3.47. The van der Waals surface area contributed by atoms with Crippen molar-refractivity contribution < 1.29 is 14.6 Å². The molecule has 4 unspecified atom stereocenters. The van der Waals surface area contributed by atoms with Crippen LogP contribution in [0, 0.1) is 16.7 Å². The second kappa shape index (κ2) is 5.07. The van der Waals surface area contributed by atoms with Crippen molar-refractivity contribution in [3.05, 3.63) is 35.9 Å². The second-order valence-corrected chi connectivity index (χ2v) is 8.38. The summed E-state index contributed by atoms with van der Waals surface area (Å²) in [4.78, 5) is 12.2. The summed E-state index contributed by atoms with van der Waals surface area (Å²) >= 11 is 0. The van der Waals surface area contributed by atoms with Crippen molar-refractivity contribution in [1.82, 2.24) is 0 Å². The molecule has 4 saturated carbocycles. The Morgan fingerprint density at radius 2 is 1.96 bits per heavy atom. The highest BCUT2D eigenvalue weighted by Gasteiger charge is 2.66. The predicted octanol–water partition coefficient (Wildman–Crippen LogP) is 4.02. The van der Waals surface area contributed by atoms with E-state index in [1.54, 1.807) is 0 Å². The van der Waals surface area contributed by atoms with Gasteiger partial charge in [0.1, 0.15) is 0 Å². The molecule has 5 rings (SSSR count). The van der Waals surface area contributed by atoms with Gasteiger partial charge in [-0.15, -0.1) is 0 Å². The second-order valence-electron chi connectivity index (χ2n) is 8.38. The van der Waals surface area contributed by atoms with Crippen LogP contribution in [-0.2, 0) is 14.9 Å². The minimum Gasteiger partial charge on any atom is -0.481 e. The lowest BCUT2D eigenvalue weighted by Gasteiger charge is -2.65. The Hall–Kier alpha value is -1.35. The number of hydrogen-bond donors (Lipinski definition) is 1. The summed E-state index contributed by atoms with van der Waals surface area (Å²) in [5, 5.41) is 10.0. The standard InChI is InChI=1S/C20H26O3/c1-2-23-14-18-8-15-9-19(11-18,16-6-4-3-5-7-16)13-20(10-15,12-18)17(21)22/h3-7,15H,2,8-14H2,1H3,(H,21,22). The molecule has 23 heavy (non-hydrogen) atoms. The minimum absolute atomic E-state index is 0.0379. The zero-order chi connectivity index (χ0) is 16.1. The largest absolute Gasteiger partial charge is 0.481 e. The van der Waals surface area contributed by atoms with Crippen LogP contribution in [0.25, 0.3) is 0 Å². The number of aliphatic carboxylic acids is 1. The molecule has 0 radical (unpaired) electrons. The van der Waals surface area contributed by atoms with Crippen LogP contribution in [0.5, 0.6) is 0 Å². The third-order valence-corrected chi connectivity index (χ3v) is 6.64. The molecule has 1 aromatic carbocycles. The number of carbonyl (C=O) groups is 1. The van der Waals surface area contributed by atoms with E-state index >= 15 is 0 Å². The fourth-order valence-electron chi connectivity index (χ4n) is 6.47. The Labute approximate surface area is 138 Å². The molecule has 4 fully saturated rings. The first-order valence-corrected chi connectivity index (χ1v) is 8.88. The van der Waals surface area contributed by atoms with Crippen LogP contribution in [0.1, 0.15) is 51.0 Å². The van der Waals surface area contributed by atoms with Gasteiger partial charge in [-0.3, -0.25) is 4.79 Å². The van der Waals surface area contributed by atoms with Crippen LogP contribution in [-0.4, -0.2) is 24.3 Å². The van der Waals surface area contributed by atoms with Gasteiger partial charge in [-0.2, -0.15) is 0 Å². The summed E-state index contributed by atoms with van der Waals surface area (Å²) in [7, 11) is 0. The summed E-state index contributed by atoms with van der Waals surface area (Å²) in [6, 6.07) is 10.6. The molecule has 4 atom stereocenters. The van der Waals surface area contributed by atoms with Gasteiger partial charge in [0.25, 0.3) is 0 Å². The normalized spacial score (nSPS) is 41.2. The molecule has 0 spiro atoms. The van der Waals surface area contributed by atoms with Gasteiger partial charge in [-0.1, -0.05) is 30.3 Å². The quantitative estimate of drug-likeness (QED) is 0.893. The monoisotopic (exact) mass is 314 g/mol. The molecule has 0 aromatic heterocycles. The van der Waals surface area contributed by atoms with Gasteiger partial charge in [0.15, 0.2) is 0 Å².